The van der Waals surface area contributed by atoms with Crippen molar-refractivity contribution in [3.05, 3.63) is 23.9 Å². The number of nitrogens with two attached hydrogens (primary N) is 1. The number of carbonyl (C=O) groups is 1. The quantitative estimate of drug-likeness (QED) is 0.740. The van der Waals surface area contributed by atoms with Gasteiger partial charge in [-0.3, -0.25) is 0 Å². The van der Waals surface area contributed by atoms with Gasteiger partial charge in [-0.1, -0.05) is 6.07 Å². The largest absolute Gasteiger partial charge is 0.411 e. The summed E-state index contributed by atoms with van der Waals surface area (Å²) in [5.41, 5.74) is 5.96. The van der Waals surface area contributed by atoms with Gasteiger partial charge in [0.05, 0.1) is 0 Å². The maximum Gasteiger partial charge on any atom is 0.411 e. The van der Waals surface area contributed by atoms with E-state index in [1.807, 2.05) is 6.07 Å². The highest BCUT2D eigenvalue weighted by molar-refractivity contribution is 5.67. The number of amides is 1. The zero-order valence-electron chi connectivity index (χ0n) is 11.0. The normalized spacial score (nSPS) is 15.6. The maximum atomic E-state index is 10.5. The Kier molecular flexibility index (Phi) is 5.11. The van der Waals surface area contributed by atoms with Crippen molar-refractivity contribution in [2.24, 2.45) is 5.73 Å². The molecule has 3 N–H and O–H groups in total. The molecule has 19 heavy (non-hydrogen) atoms. The Morgan fingerprint density at radius 3 is 2.84 bits per heavy atom. The van der Waals surface area contributed by atoms with Crippen LogP contribution >= 0.6 is 0 Å². The molecule has 0 atom stereocenters. The number of hydrogen-bond donors (Lipinski definition) is 2. The first kappa shape index (κ1) is 13.8. The fourth-order valence-corrected chi connectivity index (χ4v) is 2.16. The van der Waals surface area contributed by atoms with Gasteiger partial charge < -0.3 is 20.7 Å². The van der Waals surface area contributed by atoms with Crippen LogP contribution in [0, 0.1) is 0 Å². The number of hydrogen-bond acceptors (Lipinski definition) is 5. The van der Waals surface area contributed by atoms with E-state index in [1.54, 1.807) is 12.3 Å². The molecule has 0 radical (unpaired) electrons. The Morgan fingerprint density at radius 2 is 2.21 bits per heavy atom. The van der Waals surface area contributed by atoms with E-state index >= 15 is 0 Å². The molecular weight excluding hydrogens is 244 g/mol. The van der Waals surface area contributed by atoms with Crippen LogP contribution in [0.25, 0.3) is 0 Å². The average Bonchev–Trinajstić information content (AvgIpc) is 2.89. The minimum absolute atomic E-state index is 0.230. The van der Waals surface area contributed by atoms with Crippen LogP contribution < -0.4 is 15.8 Å². The summed E-state index contributed by atoms with van der Waals surface area (Å²) in [7, 11) is 0. The van der Waals surface area contributed by atoms with Crippen LogP contribution in [0.15, 0.2) is 18.3 Å². The minimum Gasteiger partial charge on any atom is -0.391 e. The molecule has 0 saturated carbocycles. The topological polar surface area (TPSA) is 80.5 Å². The number of pyridine rings is 1. The molecule has 0 unspecified atom stereocenters. The summed E-state index contributed by atoms with van der Waals surface area (Å²) >= 11 is 0. The average molecular weight is 264 g/mol. The van der Waals surface area contributed by atoms with Crippen molar-refractivity contribution in [3.63, 3.8) is 0 Å². The highest BCUT2D eigenvalue weighted by Crippen LogP contribution is 2.08. The molecule has 1 aromatic heterocycles. The third-order valence-corrected chi connectivity index (χ3v) is 3.14. The van der Waals surface area contributed by atoms with Gasteiger partial charge in [-0.25, -0.2) is 9.78 Å². The fraction of sp³-hybridized carbons (Fsp3) is 0.538. The molecule has 1 aromatic rings. The lowest BCUT2D eigenvalue weighted by atomic mass is 10.3. The van der Waals surface area contributed by atoms with Gasteiger partial charge in [0.15, 0.2) is 0 Å². The molecule has 0 aromatic carbocycles. The Bertz CT molecular complexity index is 402. The van der Waals surface area contributed by atoms with E-state index < -0.39 is 6.09 Å². The predicted molar refractivity (Wildman–Crippen MR) is 71.8 cm³/mol. The van der Waals surface area contributed by atoms with Crippen LogP contribution in [-0.4, -0.2) is 42.2 Å². The minimum atomic E-state index is -0.844. The van der Waals surface area contributed by atoms with Gasteiger partial charge in [-0.2, -0.15) is 0 Å². The van der Waals surface area contributed by atoms with Crippen molar-refractivity contribution in [3.8, 4) is 5.88 Å². The first-order valence-electron chi connectivity index (χ1n) is 6.59. The molecule has 1 fully saturated rings. The molecule has 1 saturated heterocycles. The Labute approximate surface area is 112 Å². The molecule has 6 heteroatoms. The number of primary amides is 1. The van der Waals surface area contributed by atoms with Crippen LogP contribution in [0.4, 0.5) is 4.79 Å². The van der Waals surface area contributed by atoms with E-state index in [0.717, 1.165) is 25.2 Å². The standard InChI is InChI=1S/C13H20N4O2/c14-13(18)19-12-4-3-11(10-16-12)9-15-5-8-17-6-1-2-7-17/h3-4,10,15H,1-2,5-9H2,(H2,14,18). The summed E-state index contributed by atoms with van der Waals surface area (Å²) in [4.78, 5) is 17.0. The second-order valence-corrected chi connectivity index (χ2v) is 4.65. The number of nitrogens with one attached hydrogen (secondary N) is 1. The molecule has 1 aliphatic rings. The monoisotopic (exact) mass is 264 g/mol. The van der Waals surface area contributed by atoms with E-state index in [1.165, 1.54) is 25.9 Å². The molecule has 0 spiro atoms. The van der Waals surface area contributed by atoms with E-state index in [2.05, 4.69) is 19.9 Å². The lowest BCUT2D eigenvalue weighted by molar-refractivity contribution is 0.209. The molecule has 2 rings (SSSR count). The lowest BCUT2D eigenvalue weighted by Gasteiger charge is -2.14. The lowest BCUT2D eigenvalue weighted by Crippen LogP contribution is -2.29. The SMILES string of the molecule is NC(=O)Oc1ccc(CNCCN2CCCC2)cn1. The number of carbonyl (C=O) groups excluding carboxylic acids is 1. The maximum absolute atomic E-state index is 10.5. The van der Waals surface area contributed by atoms with E-state index in [-0.39, 0.29) is 5.88 Å². The zero-order chi connectivity index (χ0) is 13.5. The van der Waals surface area contributed by atoms with Crippen LogP contribution in [0.5, 0.6) is 5.88 Å². The van der Waals surface area contributed by atoms with Crippen molar-refractivity contribution in [1.82, 2.24) is 15.2 Å². The predicted octanol–water partition coefficient (Wildman–Crippen LogP) is 0.725. The van der Waals surface area contributed by atoms with Gasteiger partial charge in [-0.05, 0) is 31.5 Å². The Morgan fingerprint density at radius 1 is 1.42 bits per heavy atom. The molecule has 1 aliphatic heterocycles. The van der Waals surface area contributed by atoms with E-state index in [4.69, 9.17) is 5.73 Å². The van der Waals surface area contributed by atoms with Gasteiger partial charge >= 0.3 is 6.09 Å². The molecular formula is C13H20N4O2. The summed E-state index contributed by atoms with van der Waals surface area (Å²) in [6, 6.07) is 3.51. The smallest absolute Gasteiger partial charge is 0.391 e. The second kappa shape index (κ2) is 7.06. The van der Waals surface area contributed by atoms with Crippen LogP contribution in [-0.2, 0) is 6.54 Å². The summed E-state index contributed by atoms with van der Waals surface area (Å²) in [5, 5.41) is 3.37. The molecule has 1 amide bonds. The summed E-state index contributed by atoms with van der Waals surface area (Å²) in [6.45, 7) is 5.28. The van der Waals surface area contributed by atoms with E-state index in [9.17, 15) is 4.79 Å². The number of rotatable bonds is 6. The number of nitrogens with zero attached hydrogens (tertiary/aromatic N) is 2. The highest BCUT2D eigenvalue weighted by Gasteiger charge is 2.09. The van der Waals surface area contributed by atoms with Gasteiger partial charge in [-0.15, -0.1) is 0 Å². The number of ether oxygens (including phenoxy) is 1. The fourth-order valence-electron chi connectivity index (χ4n) is 2.16. The third-order valence-electron chi connectivity index (χ3n) is 3.14. The third kappa shape index (κ3) is 4.84. The van der Waals surface area contributed by atoms with Crippen molar-refractivity contribution >= 4 is 6.09 Å². The van der Waals surface area contributed by atoms with Gasteiger partial charge in [0.25, 0.3) is 0 Å². The molecule has 104 valence electrons. The zero-order valence-corrected chi connectivity index (χ0v) is 11.0. The van der Waals surface area contributed by atoms with E-state index in [0.29, 0.717) is 0 Å². The Hall–Kier alpha value is -1.66. The molecule has 0 aliphatic carbocycles. The Balaban J connectivity index is 1.66. The van der Waals surface area contributed by atoms with Gasteiger partial charge in [0, 0.05) is 31.9 Å². The molecule has 6 nitrogen and oxygen atoms in total. The van der Waals surface area contributed by atoms with Gasteiger partial charge in [0.1, 0.15) is 0 Å². The first-order valence-corrected chi connectivity index (χ1v) is 6.59. The molecule has 0 bridgehead atoms. The second-order valence-electron chi connectivity index (χ2n) is 4.65. The van der Waals surface area contributed by atoms with Crippen LogP contribution in [0.1, 0.15) is 18.4 Å². The number of aromatic nitrogens is 1. The summed E-state index contributed by atoms with van der Waals surface area (Å²) < 4.78 is 4.66. The van der Waals surface area contributed by atoms with Crippen molar-refractivity contribution < 1.29 is 9.53 Å². The summed E-state index contributed by atoms with van der Waals surface area (Å²) in [6.07, 6.45) is 3.49. The number of likely N-dealkylation sites (tertiary alicyclic amines) is 1. The van der Waals surface area contributed by atoms with Crippen LogP contribution in [0.2, 0.25) is 0 Å². The van der Waals surface area contributed by atoms with Crippen molar-refractivity contribution in [2.75, 3.05) is 26.2 Å². The molecule has 2 heterocycles. The van der Waals surface area contributed by atoms with Gasteiger partial charge in [0.2, 0.25) is 5.88 Å². The van der Waals surface area contributed by atoms with Crippen molar-refractivity contribution in [1.29, 1.82) is 0 Å². The first-order chi connectivity index (χ1) is 9.24. The van der Waals surface area contributed by atoms with Crippen molar-refractivity contribution in [2.45, 2.75) is 19.4 Å². The van der Waals surface area contributed by atoms with Crippen LogP contribution in [0.3, 0.4) is 0 Å². The highest BCUT2D eigenvalue weighted by atomic mass is 16.6. The summed E-state index contributed by atoms with van der Waals surface area (Å²) in [5.74, 6) is 0.230.